The monoisotopic (exact) mass is 946 g/mol. The van der Waals surface area contributed by atoms with E-state index in [0.29, 0.717) is 12.4 Å². The lowest BCUT2D eigenvalue weighted by Crippen LogP contribution is -2.44. The maximum atomic E-state index is 12.2. The third kappa shape index (κ3) is 10.8. The molecule has 4 N–H and O–H groups in total. The number of piperazine rings is 1. The number of nitrogens with zero attached hydrogens (tertiary/aromatic N) is 7. The highest BCUT2D eigenvalue weighted by molar-refractivity contribution is 5.99. The summed E-state index contributed by atoms with van der Waals surface area (Å²) in [6.07, 6.45) is 3.50. The van der Waals surface area contributed by atoms with Crippen molar-refractivity contribution in [3.05, 3.63) is 120 Å². The summed E-state index contributed by atoms with van der Waals surface area (Å²) in [7, 11) is 5.53. The number of aryl methyl sites for hydroxylation is 1. The number of hydrogen-bond acceptors (Lipinski definition) is 14. The molecule has 6 aromatic rings. The minimum atomic E-state index is 0.0534. The molecule has 16 nitrogen and oxygen atoms in total. The zero-order valence-corrected chi connectivity index (χ0v) is 41.0. The second-order valence-electron chi connectivity index (χ2n) is 17.9. The second-order valence-corrected chi connectivity index (χ2v) is 17.9. The number of methoxy groups -OCH3 is 2. The molecule has 4 aliphatic heterocycles. The van der Waals surface area contributed by atoms with Crippen LogP contribution in [0.1, 0.15) is 30.7 Å². The lowest BCUT2D eigenvalue weighted by molar-refractivity contribution is -0.117. The molecule has 2 aromatic heterocycles. The van der Waals surface area contributed by atoms with E-state index >= 15 is 0 Å². The summed E-state index contributed by atoms with van der Waals surface area (Å²) in [6.45, 7) is 14.0. The van der Waals surface area contributed by atoms with Crippen LogP contribution in [0.3, 0.4) is 0 Å². The van der Waals surface area contributed by atoms with Gasteiger partial charge in [0.05, 0.1) is 61.6 Å². The average molecular weight is 946 g/mol. The van der Waals surface area contributed by atoms with Crippen molar-refractivity contribution >= 4 is 80.3 Å². The first-order chi connectivity index (χ1) is 34.0. The molecule has 2 amide bonds. The van der Waals surface area contributed by atoms with Crippen LogP contribution >= 0.6 is 0 Å². The van der Waals surface area contributed by atoms with E-state index in [0.717, 1.165) is 152 Å². The molecule has 0 unspecified atom stereocenters. The van der Waals surface area contributed by atoms with E-state index in [2.05, 4.69) is 84.4 Å². The van der Waals surface area contributed by atoms with Gasteiger partial charge in [-0.25, -0.2) is 9.97 Å². The van der Waals surface area contributed by atoms with Gasteiger partial charge in [0.1, 0.15) is 23.1 Å². The van der Waals surface area contributed by atoms with Gasteiger partial charge in [0.25, 0.3) is 0 Å². The maximum absolute atomic E-state index is 12.2. The van der Waals surface area contributed by atoms with Gasteiger partial charge >= 0.3 is 0 Å². The lowest BCUT2D eigenvalue weighted by Gasteiger charge is -2.34. The van der Waals surface area contributed by atoms with Crippen molar-refractivity contribution in [1.82, 2.24) is 14.9 Å². The van der Waals surface area contributed by atoms with Crippen molar-refractivity contribution in [1.29, 1.82) is 0 Å². The number of morpholine rings is 1. The Labute approximate surface area is 410 Å². The Kier molecular flexibility index (Phi) is 14.5. The summed E-state index contributed by atoms with van der Waals surface area (Å²) in [5, 5.41) is 13.8. The first-order valence-electron chi connectivity index (χ1n) is 24.0. The van der Waals surface area contributed by atoms with Crippen LogP contribution in [0.15, 0.2) is 103 Å². The Morgan fingerprint density at radius 1 is 0.571 bits per heavy atom. The predicted molar refractivity (Wildman–Crippen MR) is 281 cm³/mol. The molecule has 4 aliphatic rings. The fraction of sp³-hybridized carbons (Fsp3) is 0.333. The molecule has 16 heteroatoms. The number of ether oxygens (including phenoxy) is 3. The van der Waals surface area contributed by atoms with Gasteiger partial charge in [0.2, 0.25) is 11.8 Å². The molecule has 2 fully saturated rings. The molecule has 0 saturated carbocycles. The normalized spacial score (nSPS) is 15.3. The zero-order valence-electron chi connectivity index (χ0n) is 41.0. The SMILES string of the molecule is COc1cc(N2CCN(C)CC2)ccc1Nc1cc(Nc2cccc3c2N(C(C)=O)CC3)cc(C)n1.COc1cc(N2CCOCC2)ccc1Nc1cc(Nc2cccc3c2N(C(C)=O)CC3)ccn1. The van der Waals surface area contributed by atoms with Gasteiger partial charge in [-0.05, 0) is 86.5 Å². The minimum Gasteiger partial charge on any atom is -0.494 e. The summed E-state index contributed by atoms with van der Waals surface area (Å²) in [6, 6.07) is 32.5. The standard InChI is InChI=1S/C28H34N6O2.C26H29N5O3/c1-19-16-22(30-25-7-5-6-21-10-11-34(20(2)35)28(21)25)17-27(29-19)31-24-9-8-23(18-26(24)36-4)33-14-12-32(3)13-15-33;1-18(32)31-11-9-19-4-3-5-23(26(19)31)28-20-8-10-27-25(16-20)29-22-7-6-21(17-24(22)33-2)30-12-14-34-15-13-30/h5-9,16-18H,10-15H2,1-4H3,(H2,29,30,31);3-8,10,16-17H,9,11-15H2,1-2H3,(H2,27,28,29). The Balaban J connectivity index is 0.000000174. The highest BCUT2D eigenvalue weighted by Crippen LogP contribution is 2.40. The molecule has 4 aromatic carbocycles. The molecule has 10 rings (SSSR count). The van der Waals surface area contributed by atoms with E-state index in [-0.39, 0.29) is 11.8 Å². The van der Waals surface area contributed by atoms with E-state index in [1.54, 1.807) is 34.3 Å². The summed E-state index contributed by atoms with van der Waals surface area (Å²) in [4.78, 5) is 44.2. The molecule has 2 saturated heterocycles. The fourth-order valence-electron chi connectivity index (χ4n) is 9.56. The number of rotatable bonds is 12. The number of fused-ring (bicyclic) bond motifs is 2. The Hall–Kier alpha value is -7.56. The van der Waals surface area contributed by atoms with Gasteiger partial charge in [0.15, 0.2) is 0 Å². The highest BCUT2D eigenvalue weighted by Gasteiger charge is 2.27. The number of benzene rings is 4. The summed E-state index contributed by atoms with van der Waals surface area (Å²) in [5.74, 6) is 3.06. The Bertz CT molecular complexity index is 2840. The lowest BCUT2D eigenvalue weighted by atomic mass is 10.1. The smallest absolute Gasteiger partial charge is 0.223 e. The van der Waals surface area contributed by atoms with Gasteiger partial charge < -0.3 is 60.0 Å². The number of likely N-dealkylation sites (N-methyl/N-ethyl adjacent to an activating group) is 1. The number of pyridine rings is 2. The van der Waals surface area contributed by atoms with Crippen LogP contribution in [-0.2, 0) is 27.2 Å². The van der Waals surface area contributed by atoms with Crippen molar-refractivity contribution in [3.8, 4) is 11.5 Å². The van der Waals surface area contributed by atoms with Gasteiger partial charge in [-0.3, -0.25) is 9.59 Å². The van der Waals surface area contributed by atoms with Crippen LogP contribution in [0.25, 0.3) is 0 Å². The average Bonchev–Trinajstić information content (AvgIpc) is 4.02. The third-order valence-corrected chi connectivity index (χ3v) is 13.2. The van der Waals surface area contributed by atoms with Crippen LogP contribution in [0.2, 0.25) is 0 Å². The van der Waals surface area contributed by atoms with Crippen LogP contribution in [-0.4, -0.2) is 114 Å². The fourth-order valence-corrected chi connectivity index (χ4v) is 9.56. The van der Waals surface area contributed by atoms with Crippen molar-refractivity contribution in [2.75, 3.05) is 128 Å². The first kappa shape index (κ1) is 47.5. The maximum Gasteiger partial charge on any atom is 0.223 e. The van der Waals surface area contributed by atoms with E-state index in [4.69, 9.17) is 19.2 Å². The van der Waals surface area contributed by atoms with Crippen molar-refractivity contribution in [2.45, 2.75) is 33.6 Å². The van der Waals surface area contributed by atoms with Crippen LogP contribution < -0.4 is 50.3 Å². The van der Waals surface area contributed by atoms with E-state index in [1.807, 2.05) is 77.4 Å². The number of para-hydroxylation sites is 2. The number of hydrogen-bond donors (Lipinski definition) is 4. The third-order valence-electron chi connectivity index (χ3n) is 13.2. The number of amides is 2. The van der Waals surface area contributed by atoms with Crippen molar-refractivity contribution in [3.63, 3.8) is 0 Å². The summed E-state index contributed by atoms with van der Waals surface area (Å²) in [5.41, 5.74) is 12.8. The summed E-state index contributed by atoms with van der Waals surface area (Å²) >= 11 is 0. The topological polar surface area (TPSA) is 152 Å². The Morgan fingerprint density at radius 3 is 1.66 bits per heavy atom. The van der Waals surface area contributed by atoms with Crippen LogP contribution in [0.5, 0.6) is 11.5 Å². The van der Waals surface area contributed by atoms with Gasteiger partial charge in [-0.1, -0.05) is 24.3 Å². The molecule has 0 atom stereocenters. The zero-order chi connectivity index (χ0) is 48.7. The van der Waals surface area contributed by atoms with Crippen molar-refractivity contribution in [2.24, 2.45) is 0 Å². The predicted octanol–water partition coefficient (Wildman–Crippen LogP) is 8.87. The molecule has 6 heterocycles. The molecule has 0 spiro atoms. The van der Waals surface area contributed by atoms with E-state index < -0.39 is 0 Å². The number of carbonyl (C=O) groups excluding carboxylic acids is 2. The minimum absolute atomic E-state index is 0.0534. The number of nitrogens with one attached hydrogen (secondary N) is 4. The van der Waals surface area contributed by atoms with Crippen molar-refractivity contribution < 1.29 is 23.8 Å². The van der Waals surface area contributed by atoms with Crippen LogP contribution in [0, 0.1) is 6.92 Å². The molecular weight excluding hydrogens is 883 g/mol. The first-order valence-corrected chi connectivity index (χ1v) is 24.0. The molecule has 0 bridgehead atoms. The second kappa shape index (κ2) is 21.4. The van der Waals surface area contributed by atoms with Gasteiger partial charge in [0, 0.05) is 125 Å². The molecular formula is C54H63N11O5. The van der Waals surface area contributed by atoms with Gasteiger partial charge in [-0.15, -0.1) is 0 Å². The number of anilines is 12. The quantitative estimate of drug-likeness (QED) is 0.0925. The highest BCUT2D eigenvalue weighted by atomic mass is 16.5. The largest absolute Gasteiger partial charge is 0.494 e. The van der Waals surface area contributed by atoms with E-state index in [1.165, 1.54) is 11.1 Å². The molecule has 364 valence electrons. The Morgan fingerprint density at radius 2 is 1.10 bits per heavy atom. The number of aromatic nitrogens is 2. The molecule has 0 radical (unpaired) electrons. The molecule has 0 aliphatic carbocycles. The molecule has 70 heavy (non-hydrogen) atoms. The number of carbonyl (C=O) groups is 2. The van der Waals surface area contributed by atoms with E-state index in [9.17, 15) is 9.59 Å². The summed E-state index contributed by atoms with van der Waals surface area (Å²) < 4.78 is 16.8. The van der Waals surface area contributed by atoms with Gasteiger partial charge in [-0.2, -0.15) is 0 Å². The van der Waals surface area contributed by atoms with Crippen LogP contribution in [0.4, 0.5) is 68.5 Å².